The Morgan fingerprint density at radius 1 is 1.19 bits per heavy atom. The molecule has 8 nitrogen and oxygen atoms in total. The molecule has 1 saturated heterocycles. The van der Waals surface area contributed by atoms with E-state index in [9.17, 15) is 13.2 Å². The standard InChI is InChI=1S/C21H21N3O5S2/c1-13-3-2-8-24(11-13)31(26,27)15-6-4-14(5-7-15)20(25)23-21-22-16-9-17-18(29-12-28-17)10-19(16)30-21/h4-7,9-10,13H,2-3,8,11-12H2,1H3,(H,22,23,25). The SMILES string of the molecule is CC1CCCN(S(=O)(=O)c2ccc(C(=O)Nc3nc4cc5c(cc4s3)OCO5)cc2)C1. The van der Waals surface area contributed by atoms with E-state index in [1.54, 1.807) is 6.07 Å². The lowest BCUT2D eigenvalue weighted by atomic mass is 10.0. The quantitative estimate of drug-likeness (QED) is 0.639. The largest absolute Gasteiger partial charge is 0.454 e. The van der Waals surface area contributed by atoms with Crippen LogP contribution in [0.4, 0.5) is 5.13 Å². The molecule has 0 spiro atoms. The van der Waals surface area contributed by atoms with Gasteiger partial charge in [0.15, 0.2) is 16.6 Å². The Bertz CT molecular complexity index is 1210. The molecule has 3 aromatic rings. The van der Waals surface area contributed by atoms with E-state index in [0.717, 1.165) is 17.5 Å². The summed E-state index contributed by atoms with van der Waals surface area (Å²) in [6.45, 7) is 3.32. The minimum atomic E-state index is -3.55. The Kier molecular flexibility index (Phi) is 5.07. The van der Waals surface area contributed by atoms with E-state index in [-0.39, 0.29) is 17.6 Å². The van der Waals surface area contributed by atoms with Gasteiger partial charge in [-0.2, -0.15) is 4.31 Å². The number of carbonyl (C=O) groups excluding carboxylic acids is 1. The summed E-state index contributed by atoms with van der Waals surface area (Å²) in [6.07, 6.45) is 1.91. The summed E-state index contributed by atoms with van der Waals surface area (Å²) in [5, 5.41) is 3.22. The lowest BCUT2D eigenvalue weighted by molar-refractivity contribution is 0.102. The molecule has 31 heavy (non-hydrogen) atoms. The summed E-state index contributed by atoms with van der Waals surface area (Å²) in [6, 6.07) is 9.65. The molecule has 10 heteroatoms. The molecule has 2 aliphatic rings. The fourth-order valence-corrected chi connectivity index (χ4v) is 6.30. The van der Waals surface area contributed by atoms with Gasteiger partial charge >= 0.3 is 0 Å². The summed E-state index contributed by atoms with van der Waals surface area (Å²) in [4.78, 5) is 17.3. The van der Waals surface area contributed by atoms with E-state index in [0.29, 0.717) is 46.7 Å². The second kappa shape index (κ2) is 7.77. The summed E-state index contributed by atoms with van der Waals surface area (Å²) < 4.78 is 38.9. The van der Waals surface area contributed by atoms with E-state index in [2.05, 4.69) is 17.2 Å². The Labute approximate surface area is 183 Å². The van der Waals surface area contributed by atoms with Gasteiger partial charge in [0.2, 0.25) is 16.8 Å². The van der Waals surface area contributed by atoms with Crippen molar-refractivity contribution in [2.75, 3.05) is 25.2 Å². The van der Waals surface area contributed by atoms with Crippen molar-refractivity contribution in [3.05, 3.63) is 42.0 Å². The number of aromatic nitrogens is 1. The number of anilines is 1. The van der Waals surface area contributed by atoms with E-state index < -0.39 is 10.0 Å². The second-order valence-electron chi connectivity index (χ2n) is 7.78. The normalized spacial score (nSPS) is 18.9. The van der Waals surface area contributed by atoms with Crippen LogP contribution in [0, 0.1) is 5.92 Å². The van der Waals surface area contributed by atoms with Crippen LogP contribution in [-0.4, -0.2) is 43.5 Å². The number of carbonyl (C=O) groups is 1. The van der Waals surface area contributed by atoms with Gasteiger partial charge < -0.3 is 9.47 Å². The Morgan fingerprint density at radius 2 is 1.94 bits per heavy atom. The molecule has 1 atom stereocenters. The fourth-order valence-electron chi connectivity index (χ4n) is 3.83. The monoisotopic (exact) mass is 459 g/mol. The zero-order valence-corrected chi connectivity index (χ0v) is 18.5. The maximum atomic E-state index is 12.9. The predicted octanol–water partition coefficient (Wildman–Crippen LogP) is 3.70. The van der Waals surface area contributed by atoms with Crippen LogP contribution in [0.3, 0.4) is 0 Å². The van der Waals surface area contributed by atoms with E-state index in [1.165, 1.54) is 39.9 Å². The van der Waals surface area contributed by atoms with E-state index >= 15 is 0 Å². The average molecular weight is 460 g/mol. The molecule has 1 aromatic heterocycles. The number of hydrogen-bond acceptors (Lipinski definition) is 7. The highest BCUT2D eigenvalue weighted by atomic mass is 32.2. The molecule has 0 bridgehead atoms. The van der Waals surface area contributed by atoms with Gasteiger partial charge in [-0.1, -0.05) is 18.3 Å². The number of amides is 1. The number of piperidine rings is 1. The minimum absolute atomic E-state index is 0.193. The van der Waals surface area contributed by atoms with Crippen molar-refractivity contribution in [3.8, 4) is 11.5 Å². The molecule has 1 fully saturated rings. The number of hydrogen-bond donors (Lipinski definition) is 1. The molecule has 3 heterocycles. The first kappa shape index (κ1) is 20.2. The summed E-state index contributed by atoms with van der Waals surface area (Å²) in [5.74, 6) is 1.29. The first-order chi connectivity index (χ1) is 14.9. The number of ether oxygens (including phenoxy) is 2. The van der Waals surface area contributed by atoms with Crippen LogP contribution >= 0.6 is 11.3 Å². The van der Waals surface area contributed by atoms with Gasteiger partial charge in [-0.3, -0.25) is 10.1 Å². The lowest BCUT2D eigenvalue weighted by Crippen LogP contribution is -2.39. The Morgan fingerprint density at radius 3 is 2.68 bits per heavy atom. The second-order valence-corrected chi connectivity index (χ2v) is 10.7. The van der Waals surface area contributed by atoms with Gasteiger partial charge in [-0.05, 0) is 43.0 Å². The number of sulfonamides is 1. The predicted molar refractivity (Wildman–Crippen MR) is 117 cm³/mol. The van der Waals surface area contributed by atoms with Crippen LogP contribution in [0.2, 0.25) is 0 Å². The van der Waals surface area contributed by atoms with Crippen molar-refractivity contribution in [2.45, 2.75) is 24.7 Å². The molecule has 0 saturated carbocycles. The molecule has 0 radical (unpaired) electrons. The van der Waals surface area contributed by atoms with Crippen molar-refractivity contribution in [2.24, 2.45) is 5.92 Å². The number of rotatable bonds is 4. The van der Waals surface area contributed by atoms with Gasteiger partial charge in [-0.15, -0.1) is 0 Å². The zero-order chi connectivity index (χ0) is 21.6. The molecular formula is C21H21N3O5S2. The van der Waals surface area contributed by atoms with Crippen LogP contribution < -0.4 is 14.8 Å². The van der Waals surface area contributed by atoms with Gasteiger partial charge in [-0.25, -0.2) is 13.4 Å². The molecule has 1 N–H and O–H groups in total. The third kappa shape index (κ3) is 3.86. The van der Waals surface area contributed by atoms with Crippen molar-refractivity contribution >= 4 is 42.6 Å². The molecule has 2 aromatic carbocycles. The van der Waals surface area contributed by atoms with Crippen molar-refractivity contribution in [3.63, 3.8) is 0 Å². The molecular weight excluding hydrogens is 438 g/mol. The topological polar surface area (TPSA) is 97.8 Å². The zero-order valence-electron chi connectivity index (χ0n) is 16.8. The molecule has 0 aliphatic carbocycles. The highest BCUT2D eigenvalue weighted by Crippen LogP contribution is 2.39. The molecule has 162 valence electrons. The van der Waals surface area contributed by atoms with Crippen LogP contribution in [0.25, 0.3) is 10.2 Å². The van der Waals surface area contributed by atoms with Gasteiger partial charge in [0, 0.05) is 30.8 Å². The average Bonchev–Trinajstić information content (AvgIpc) is 3.37. The van der Waals surface area contributed by atoms with Crippen LogP contribution in [-0.2, 0) is 10.0 Å². The third-order valence-corrected chi connectivity index (χ3v) is 8.29. The number of nitrogens with zero attached hydrogens (tertiary/aromatic N) is 2. The van der Waals surface area contributed by atoms with Crippen LogP contribution in [0.5, 0.6) is 11.5 Å². The first-order valence-corrected chi connectivity index (χ1v) is 12.3. The number of fused-ring (bicyclic) bond motifs is 2. The Hall–Kier alpha value is -2.69. The first-order valence-electron chi connectivity index (χ1n) is 10.0. The van der Waals surface area contributed by atoms with Crippen LogP contribution in [0.15, 0.2) is 41.3 Å². The number of thiazole rings is 1. The van der Waals surface area contributed by atoms with Crippen molar-refractivity contribution in [1.29, 1.82) is 0 Å². The summed E-state index contributed by atoms with van der Waals surface area (Å²) >= 11 is 1.33. The fraction of sp³-hybridized carbons (Fsp3) is 0.333. The molecule has 1 unspecified atom stereocenters. The smallest absolute Gasteiger partial charge is 0.257 e. The molecule has 1 amide bonds. The number of nitrogens with one attached hydrogen (secondary N) is 1. The highest BCUT2D eigenvalue weighted by Gasteiger charge is 2.28. The summed E-state index contributed by atoms with van der Waals surface area (Å²) in [7, 11) is -3.55. The maximum Gasteiger partial charge on any atom is 0.257 e. The van der Waals surface area contributed by atoms with Crippen molar-refractivity contribution in [1.82, 2.24) is 9.29 Å². The highest BCUT2D eigenvalue weighted by molar-refractivity contribution is 7.89. The Balaban J connectivity index is 1.32. The van der Waals surface area contributed by atoms with Crippen molar-refractivity contribution < 1.29 is 22.7 Å². The van der Waals surface area contributed by atoms with Gasteiger partial charge in [0.1, 0.15) is 0 Å². The van der Waals surface area contributed by atoms with E-state index in [4.69, 9.17) is 9.47 Å². The van der Waals surface area contributed by atoms with Gasteiger partial charge in [0.25, 0.3) is 5.91 Å². The maximum absolute atomic E-state index is 12.9. The molecule has 5 rings (SSSR count). The summed E-state index contributed by atoms with van der Waals surface area (Å²) in [5.41, 5.74) is 1.07. The van der Waals surface area contributed by atoms with Gasteiger partial charge in [0.05, 0.1) is 15.1 Å². The lowest BCUT2D eigenvalue weighted by Gasteiger charge is -2.30. The van der Waals surface area contributed by atoms with E-state index in [1.807, 2.05) is 6.07 Å². The van der Waals surface area contributed by atoms with Crippen LogP contribution in [0.1, 0.15) is 30.1 Å². The molecule has 2 aliphatic heterocycles. The third-order valence-electron chi connectivity index (χ3n) is 5.48. The number of benzene rings is 2. The minimum Gasteiger partial charge on any atom is -0.454 e.